The van der Waals surface area contributed by atoms with Crippen molar-refractivity contribution in [3.63, 3.8) is 0 Å². The molecule has 0 bridgehead atoms. The van der Waals surface area contributed by atoms with Gasteiger partial charge in [0.1, 0.15) is 22.8 Å². The molecule has 1 atom stereocenters. The monoisotopic (exact) mass is 474 g/mol. The van der Waals surface area contributed by atoms with Crippen LogP contribution in [0.4, 0.5) is 0 Å². The number of halogens is 1. The van der Waals surface area contributed by atoms with Gasteiger partial charge in [0.2, 0.25) is 0 Å². The molecule has 5 heteroatoms. The van der Waals surface area contributed by atoms with Gasteiger partial charge in [0.05, 0.1) is 17.6 Å². The molecule has 5 rings (SSSR count). The second-order valence-corrected chi connectivity index (χ2v) is 8.16. The summed E-state index contributed by atoms with van der Waals surface area (Å²) in [5, 5.41) is 0.774. The number of ether oxygens (including phenoxy) is 2. The van der Waals surface area contributed by atoms with E-state index in [0.29, 0.717) is 29.3 Å². The molecule has 4 aromatic rings. The summed E-state index contributed by atoms with van der Waals surface area (Å²) in [6, 6.07) is 23.2. The van der Waals surface area contributed by atoms with E-state index in [0.717, 1.165) is 26.7 Å². The Morgan fingerprint density at radius 1 is 0.968 bits per heavy atom. The number of fused-ring (bicyclic) bond motifs is 3. The van der Waals surface area contributed by atoms with Gasteiger partial charge in [-0.05, 0) is 55.0 Å². The predicted molar refractivity (Wildman–Crippen MR) is 125 cm³/mol. The van der Waals surface area contributed by atoms with Gasteiger partial charge in [-0.2, -0.15) is 0 Å². The molecule has 31 heavy (non-hydrogen) atoms. The molecule has 0 radical (unpaired) electrons. The molecule has 154 valence electrons. The third-order valence-corrected chi connectivity index (χ3v) is 5.85. The summed E-state index contributed by atoms with van der Waals surface area (Å²) in [7, 11) is 0. The van der Waals surface area contributed by atoms with Crippen LogP contribution in [0.1, 0.15) is 29.5 Å². The number of hydrogen-bond acceptors (Lipinski definition) is 4. The molecule has 1 aromatic heterocycles. The second-order valence-electron chi connectivity index (χ2n) is 7.25. The van der Waals surface area contributed by atoms with Gasteiger partial charge < -0.3 is 13.9 Å². The fourth-order valence-corrected chi connectivity index (χ4v) is 4.13. The van der Waals surface area contributed by atoms with Crippen molar-refractivity contribution in [3.05, 3.63) is 110 Å². The molecule has 0 saturated heterocycles. The van der Waals surface area contributed by atoms with E-state index in [4.69, 9.17) is 13.9 Å². The van der Waals surface area contributed by atoms with E-state index < -0.39 is 5.63 Å². The Morgan fingerprint density at radius 3 is 2.45 bits per heavy atom. The summed E-state index contributed by atoms with van der Waals surface area (Å²) in [4.78, 5) is 13.0. The fourth-order valence-electron chi connectivity index (χ4n) is 3.86. The molecule has 2 heterocycles. The molecule has 1 aliphatic rings. The van der Waals surface area contributed by atoms with Gasteiger partial charge >= 0.3 is 5.63 Å². The van der Waals surface area contributed by atoms with E-state index >= 15 is 0 Å². The molecule has 0 saturated carbocycles. The average molecular weight is 475 g/mol. The quantitative estimate of drug-likeness (QED) is 0.316. The van der Waals surface area contributed by atoms with Gasteiger partial charge in [-0.3, -0.25) is 0 Å². The first-order valence-corrected chi connectivity index (χ1v) is 10.9. The number of allylic oxidation sites excluding steroid dienone is 1. The van der Waals surface area contributed by atoms with Crippen molar-refractivity contribution in [2.24, 2.45) is 0 Å². The molecular weight excluding hydrogens is 456 g/mol. The van der Waals surface area contributed by atoms with Crippen LogP contribution >= 0.6 is 15.9 Å². The smallest absolute Gasteiger partial charge is 0.344 e. The third-order valence-electron chi connectivity index (χ3n) is 5.32. The Morgan fingerprint density at radius 2 is 1.71 bits per heavy atom. The first-order chi connectivity index (χ1) is 15.1. The first-order valence-electron chi connectivity index (χ1n) is 10.1. The molecule has 0 spiro atoms. The van der Waals surface area contributed by atoms with Gasteiger partial charge in [0.15, 0.2) is 0 Å². The predicted octanol–water partition coefficient (Wildman–Crippen LogP) is 6.52. The molecule has 0 fully saturated rings. The third kappa shape index (κ3) is 3.66. The van der Waals surface area contributed by atoms with Crippen molar-refractivity contribution in [1.29, 1.82) is 0 Å². The molecule has 0 N–H and O–H groups in total. The van der Waals surface area contributed by atoms with Crippen molar-refractivity contribution in [3.8, 4) is 11.5 Å². The van der Waals surface area contributed by atoms with E-state index in [1.165, 1.54) is 0 Å². The molecule has 1 aliphatic heterocycles. The van der Waals surface area contributed by atoms with Gasteiger partial charge in [0, 0.05) is 16.0 Å². The SMILES string of the molecule is CCOc1ccc(C2C=C(c3ccc(Br)cc3)Oc3c2c(=O)oc2ccccc32)cc1. The van der Waals surface area contributed by atoms with Crippen LogP contribution in [0.2, 0.25) is 0 Å². The van der Waals surface area contributed by atoms with Crippen molar-refractivity contribution in [2.75, 3.05) is 6.61 Å². The Hall–Kier alpha value is -3.31. The molecule has 3 aromatic carbocycles. The van der Waals surface area contributed by atoms with Crippen molar-refractivity contribution in [2.45, 2.75) is 12.8 Å². The molecule has 0 aliphatic carbocycles. The first kappa shape index (κ1) is 19.6. The summed E-state index contributed by atoms with van der Waals surface area (Å²) < 4.78 is 18.5. The number of para-hydroxylation sites is 1. The second kappa shape index (κ2) is 8.08. The lowest BCUT2D eigenvalue weighted by molar-refractivity contribution is 0.340. The minimum Gasteiger partial charge on any atom is -0.494 e. The highest BCUT2D eigenvalue weighted by atomic mass is 79.9. The summed E-state index contributed by atoms with van der Waals surface area (Å²) in [6.07, 6.45) is 1.98. The molecular formula is C26H19BrO4. The van der Waals surface area contributed by atoms with Crippen LogP contribution in [0, 0.1) is 0 Å². The zero-order valence-electron chi connectivity index (χ0n) is 16.8. The van der Waals surface area contributed by atoms with Gasteiger partial charge in [0.25, 0.3) is 0 Å². The Labute approximate surface area is 187 Å². The minimum absolute atomic E-state index is 0.307. The largest absolute Gasteiger partial charge is 0.494 e. The summed E-state index contributed by atoms with van der Waals surface area (Å²) in [6.45, 7) is 2.55. The normalized spacial score (nSPS) is 15.2. The van der Waals surface area contributed by atoms with Gasteiger partial charge in [-0.15, -0.1) is 0 Å². The van der Waals surface area contributed by atoms with E-state index in [1.54, 1.807) is 6.07 Å². The maximum atomic E-state index is 13.0. The van der Waals surface area contributed by atoms with Gasteiger partial charge in [-0.1, -0.05) is 52.3 Å². The maximum absolute atomic E-state index is 13.0. The van der Waals surface area contributed by atoms with Crippen LogP contribution in [0.5, 0.6) is 11.5 Å². The highest BCUT2D eigenvalue weighted by Crippen LogP contribution is 2.43. The summed E-state index contributed by atoms with van der Waals surface area (Å²) in [5.74, 6) is 1.74. The summed E-state index contributed by atoms with van der Waals surface area (Å²) in [5.41, 5.74) is 2.52. The topological polar surface area (TPSA) is 48.7 Å². The molecule has 4 nitrogen and oxygen atoms in total. The number of benzene rings is 3. The van der Waals surface area contributed by atoms with Gasteiger partial charge in [-0.25, -0.2) is 4.79 Å². The van der Waals surface area contributed by atoms with Crippen LogP contribution in [-0.4, -0.2) is 6.61 Å². The highest BCUT2D eigenvalue weighted by Gasteiger charge is 2.30. The van der Waals surface area contributed by atoms with Crippen LogP contribution in [0.3, 0.4) is 0 Å². The lowest BCUT2D eigenvalue weighted by atomic mass is 9.88. The zero-order chi connectivity index (χ0) is 21.4. The molecule has 0 amide bonds. The highest BCUT2D eigenvalue weighted by molar-refractivity contribution is 9.10. The van der Waals surface area contributed by atoms with E-state index in [2.05, 4.69) is 15.9 Å². The summed E-state index contributed by atoms with van der Waals surface area (Å²) >= 11 is 3.48. The zero-order valence-corrected chi connectivity index (χ0v) is 18.4. The van der Waals surface area contributed by atoms with Crippen molar-refractivity contribution >= 4 is 32.7 Å². The van der Waals surface area contributed by atoms with Crippen molar-refractivity contribution in [1.82, 2.24) is 0 Å². The van der Waals surface area contributed by atoms with Crippen molar-refractivity contribution < 1.29 is 13.9 Å². The average Bonchev–Trinajstić information content (AvgIpc) is 2.80. The molecule has 1 unspecified atom stereocenters. The number of hydrogen-bond donors (Lipinski definition) is 0. The van der Waals surface area contributed by atoms with Crippen LogP contribution in [0.25, 0.3) is 16.7 Å². The Balaban J connectivity index is 1.71. The Kier molecular flexibility index (Phi) is 5.12. The lowest BCUT2D eigenvalue weighted by Crippen LogP contribution is -2.19. The van der Waals surface area contributed by atoms with Crippen LogP contribution < -0.4 is 15.1 Å². The van der Waals surface area contributed by atoms with Crippen LogP contribution in [0.15, 0.2) is 92.6 Å². The maximum Gasteiger partial charge on any atom is 0.344 e. The van der Waals surface area contributed by atoms with E-state index in [-0.39, 0.29) is 5.92 Å². The minimum atomic E-state index is -0.390. The van der Waals surface area contributed by atoms with E-state index in [1.807, 2.05) is 79.7 Å². The van der Waals surface area contributed by atoms with Crippen LogP contribution in [-0.2, 0) is 0 Å². The standard InChI is InChI=1S/C26H19BrO4/c1-2-29-19-13-9-16(10-14-19)21-15-23(17-7-11-18(27)12-8-17)30-25-20-5-3-4-6-22(20)31-26(28)24(21)25/h3-15,21H,2H2,1H3. The van der Waals surface area contributed by atoms with E-state index in [9.17, 15) is 4.79 Å². The number of rotatable bonds is 4. The lowest BCUT2D eigenvalue weighted by Gasteiger charge is -2.25. The Bertz CT molecular complexity index is 1330. The fraction of sp³-hybridized carbons (Fsp3) is 0.115.